The number of nitrogens with one attached hydrogen (secondary N) is 3. The SMILES string of the molecule is CCOc1cc([C@H]2NC(=O)NC(C)=C2C(=O)OC)ccc1OC[C@@H](O)N/N=C/c1ccccc1OCc1ccc(Cl)cc1Cl. The van der Waals surface area contributed by atoms with Gasteiger partial charge in [-0.2, -0.15) is 5.10 Å². The highest BCUT2D eigenvalue weighted by atomic mass is 35.5. The van der Waals surface area contributed by atoms with Crippen molar-refractivity contribution in [2.45, 2.75) is 32.7 Å². The van der Waals surface area contributed by atoms with Crippen molar-refractivity contribution >= 4 is 41.4 Å². The van der Waals surface area contributed by atoms with E-state index in [9.17, 15) is 14.7 Å². The number of aliphatic hydroxyl groups excluding tert-OH is 1. The van der Waals surface area contributed by atoms with Crippen LogP contribution in [0.3, 0.4) is 0 Å². The Hall–Kier alpha value is -4.45. The summed E-state index contributed by atoms with van der Waals surface area (Å²) in [4.78, 5) is 24.6. The molecule has 0 radical (unpaired) electrons. The van der Waals surface area contributed by atoms with Crippen LogP contribution in [0.4, 0.5) is 4.79 Å². The quantitative estimate of drug-likeness (QED) is 0.0875. The van der Waals surface area contributed by atoms with Gasteiger partial charge in [0.25, 0.3) is 0 Å². The molecule has 3 aromatic rings. The van der Waals surface area contributed by atoms with Crippen molar-refractivity contribution in [2.24, 2.45) is 5.10 Å². The Morgan fingerprint density at radius 3 is 2.61 bits per heavy atom. The second kappa shape index (κ2) is 15.3. The zero-order valence-electron chi connectivity index (χ0n) is 24.2. The average molecular weight is 644 g/mol. The minimum atomic E-state index is -1.17. The molecule has 0 fully saturated rings. The van der Waals surface area contributed by atoms with Crippen LogP contribution in [0.15, 0.2) is 77.0 Å². The number of rotatable bonds is 13. The Morgan fingerprint density at radius 2 is 1.86 bits per heavy atom. The maximum atomic E-state index is 12.4. The first-order valence-corrected chi connectivity index (χ1v) is 14.3. The zero-order chi connectivity index (χ0) is 31.6. The molecule has 11 nitrogen and oxygen atoms in total. The Balaban J connectivity index is 1.39. The molecular weight excluding hydrogens is 611 g/mol. The lowest BCUT2D eigenvalue weighted by Gasteiger charge is -2.28. The summed E-state index contributed by atoms with van der Waals surface area (Å²) < 4.78 is 22.4. The first-order chi connectivity index (χ1) is 21.2. The van der Waals surface area contributed by atoms with Gasteiger partial charge in [-0.05, 0) is 55.8 Å². The van der Waals surface area contributed by atoms with Gasteiger partial charge in [-0.3, -0.25) is 5.43 Å². The molecule has 0 saturated heterocycles. The van der Waals surface area contributed by atoms with E-state index in [1.807, 2.05) is 25.1 Å². The predicted octanol–water partition coefficient (Wildman–Crippen LogP) is 5.09. The molecule has 0 unspecified atom stereocenters. The predicted molar refractivity (Wildman–Crippen MR) is 166 cm³/mol. The maximum Gasteiger partial charge on any atom is 0.337 e. The third-order valence-corrected chi connectivity index (χ3v) is 7.00. The van der Waals surface area contributed by atoms with E-state index in [1.165, 1.54) is 13.3 Å². The van der Waals surface area contributed by atoms with Crippen LogP contribution in [0, 0.1) is 0 Å². The number of methoxy groups -OCH3 is 1. The number of amides is 2. The fourth-order valence-corrected chi connectivity index (χ4v) is 4.79. The number of aliphatic hydroxyl groups is 1. The van der Waals surface area contributed by atoms with Gasteiger partial charge in [0.05, 0.1) is 31.5 Å². The van der Waals surface area contributed by atoms with E-state index < -0.39 is 24.3 Å². The fraction of sp³-hybridized carbons (Fsp3) is 0.258. The maximum absolute atomic E-state index is 12.4. The smallest absolute Gasteiger partial charge is 0.337 e. The normalized spacial score (nSPS) is 15.3. The number of hydrazone groups is 1. The molecule has 3 aromatic carbocycles. The van der Waals surface area contributed by atoms with E-state index in [0.29, 0.717) is 50.7 Å². The van der Waals surface area contributed by atoms with Gasteiger partial charge in [0, 0.05) is 26.9 Å². The van der Waals surface area contributed by atoms with Gasteiger partial charge in [-0.15, -0.1) is 0 Å². The van der Waals surface area contributed by atoms with Crippen molar-refractivity contribution in [1.82, 2.24) is 16.1 Å². The molecule has 13 heteroatoms. The standard InChI is InChI=1S/C31H32Cl2N4O7/c1-4-42-26-13-19(29-28(30(39)41-3)18(2)35-31(40)36-29)10-12-25(26)44-17-27(38)37-34-15-20-7-5-6-8-24(20)43-16-21-9-11-22(32)14-23(21)33/h5-15,27,29,37-38H,4,16-17H2,1-3H3,(H2,35,36,40)/b34-15+/t27-,29-/m1/s1. The molecule has 0 saturated carbocycles. The van der Waals surface area contributed by atoms with E-state index in [4.69, 9.17) is 42.1 Å². The molecule has 0 aliphatic carbocycles. The van der Waals surface area contributed by atoms with Crippen LogP contribution < -0.4 is 30.3 Å². The summed E-state index contributed by atoms with van der Waals surface area (Å²) in [5.41, 5.74) is 5.31. The Labute approximate surface area is 264 Å². The summed E-state index contributed by atoms with van der Waals surface area (Å²) in [6.45, 7) is 3.83. The van der Waals surface area contributed by atoms with Gasteiger partial charge < -0.3 is 34.7 Å². The van der Waals surface area contributed by atoms with E-state index in [-0.39, 0.29) is 18.8 Å². The van der Waals surface area contributed by atoms with Crippen LogP contribution >= 0.6 is 23.2 Å². The molecule has 1 aliphatic heterocycles. The van der Waals surface area contributed by atoms with Gasteiger partial charge in [0.2, 0.25) is 0 Å². The number of carbonyl (C=O) groups excluding carboxylic acids is 2. The Kier molecular flexibility index (Phi) is 11.3. The summed E-state index contributed by atoms with van der Waals surface area (Å²) in [6.07, 6.45) is 0.353. The Bertz CT molecular complexity index is 1560. The van der Waals surface area contributed by atoms with Gasteiger partial charge >= 0.3 is 12.0 Å². The third kappa shape index (κ3) is 8.34. The average Bonchev–Trinajstić information content (AvgIpc) is 3.00. The minimum Gasteiger partial charge on any atom is -0.490 e. The molecule has 1 aliphatic rings. The molecular formula is C31H32Cl2N4O7. The highest BCUT2D eigenvalue weighted by molar-refractivity contribution is 6.35. The van der Waals surface area contributed by atoms with Crippen molar-refractivity contribution in [3.05, 3.63) is 98.7 Å². The number of carbonyl (C=O) groups is 2. The molecule has 2 amide bonds. The molecule has 4 rings (SSSR count). The molecule has 0 bridgehead atoms. The van der Waals surface area contributed by atoms with Crippen LogP contribution in [0.25, 0.3) is 0 Å². The molecule has 2 atom stereocenters. The molecule has 0 spiro atoms. The second-order valence-corrected chi connectivity index (χ2v) is 10.3. The molecule has 0 aromatic heterocycles. The fourth-order valence-electron chi connectivity index (χ4n) is 4.33. The lowest BCUT2D eigenvalue weighted by Crippen LogP contribution is -2.45. The Morgan fingerprint density at radius 1 is 1.07 bits per heavy atom. The van der Waals surface area contributed by atoms with Gasteiger partial charge in [-0.1, -0.05) is 47.5 Å². The zero-order valence-corrected chi connectivity index (χ0v) is 25.7. The van der Waals surface area contributed by atoms with Gasteiger partial charge in [0.15, 0.2) is 17.7 Å². The van der Waals surface area contributed by atoms with Gasteiger partial charge in [0.1, 0.15) is 19.0 Å². The summed E-state index contributed by atoms with van der Waals surface area (Å²) in [6, 6.07) is 16.3. The van der Waals surface area contributed by atoms with E-state index in [1.54, 1.807) is 49.4 Å². The molecule has 4 N–H and O–H groups in total. The number of halogens is 2. The second-order valence-electron chi connectivity index (χ2n) is 9.48. The summed E-state index contributed by atoms with van der Waals surface area (Å²) in [7, 11) is 1.27. The summed E-state index contributed by atoms with van der Waals surface area (Å²) >= 11 is 12.2. The van der Waals surface area contributed by atoms with Gasteiger partial charge in [-0.25, -0.2) is 9.59 Å². The van der Waals surface area contributed by atoms with E-state index in [0.717, 1.165) is 5.56 Å². The lowest BCUT2D eigenvalue weighted by molar-refractivity contribution is -0.136. The third-order valence-electron chi connectivity index (χ3n) is 6.42. The van der Waals surface area contributed by atoms with Crippen LogP contribution in [0.5, 0.6) is 17.2 Å². The molecule has 1 heterocycles. The number of esters is 1. The number of hydrogen-bond donors (Lipinski definition) is 4. The van der Waals surface area contributed by atoms with Crippen LogP contribution in [-0.4, -0.2) is 49.9 Å². The van der Waals surface area contributed by atoms with Crippen molar-refractivity contribution in [3.8, 4) is 17.2 Å². The van der Waals surface area contributed by atoms with Crippen molar-refractivity contribution in [1.29, 1.82) is 0 Å². The van der Waals surface area contributed by atoms with E-state index in [2.05, 4.69) is 21.2 Å². The number of benzene rings is 3. The minimum absolute atomic E-state index is 0.166. The van der Waals surface area contributed by atoms with Crippen LogP contribution in [-0.2, 0) is 16.1 Å². The monoisotopic (exact) mass is 642 g/mol. The first kappa shape index (κ1) is 32.5. The summed E-state index contributed by atoms with van der Waals surface area (Å²) in [5.74, 6) is 0.706. The van der Waals surface area contributed by atoms with Crippen LogP contribution in [0.2, 0.25) is 10.0 Å². The topological polar surface area (TPSA) is 140 Å². The van der Waals surface area contributed by atoms with Crippen LogP contribution in [0.1, 0.15) is 36.6 Å². The number of nitrogens with zero attached hydrogens (tertiary/aromatic N) is 1. The highest BCUT2D eigenvalue weighted by Crippen LogP contribution is 2.35. The lowest BCUT2D eigenvalue weighted by atomic mass is 9.95. The highest BCUT2D eigenvalue weighted by Gasteiger charge is 2.32. The largest absolute Gasteiger partial charge is 0.490 e. The van der Waals surface area contributed by atoms with Crippen molar-refractivity contribution < 1.29 is 33.6 Å². The summed E-state index contributed by atoms with van der Waals surface area (Å²) in [5, 5.41) is 21.0. The number of allylic oxidation sites excluding steroid dienone is 1. The number of hydrogen-bond acceptors (Lipinski definition) is 9. The molecule has 232 valence electrons. The number of urea groups is 1. The molecule has 44 heavy (non-hydrogen) atoms. The number of para-hydroxylation sites is 1. The van der Waals surface area contributed by atoms with E-state index >= 15 is 0 Å². The van der Waals surface area contributed by atoms with Crippen molar-refractivity contribution in [2.75, 3.05) is 20.3 Å². The first-order valence-electron chi connectivity index (χ1n) is 13.6. The van der Waals surface area contributed by atoms with Crippen molar-refractivity contribution in [3.63, 3.8) is 0 Å². The number of ether oxygens (including phenoxy) is 4.